The molecule has 0 N–H and O–H groups in total. The third-order valence-corrected chi connectivity index (χ3v) is 4.35. The van der Waals surface area contributed by atoms with E-state index < -0.39 is 23.1 Å². The fourth-order valence-electron chi connectivity index (χ4n) is 3.10. The summed E-state index contributed by atoms with van der Waals surface area (Å²) in [5.74, 6) is -3.46. The number of nitrogens with zero attached hydrogens (tertiary/aromatic N) is 3. The molecule has 2 aromatic rings. The van der Waals surface area contributed by atoms with Gasteiger partial charge in [-0.15, -0.1) is 0 Å². The predicted octanol–water partition coefficient (Wildman–Crippen LogP) is 1.81. The third-order valence-electron chi connectivity index (χ3n) is 4.35. The van der Waals surface area contributed by atoms with E-state index in [1.807, 2.05) is 4.90 Å². The molecule has 3 heterocycles. The monoisotopic (exact) mass is 353 g/mol. The standard InChI is InChI=1S/C16H14F3N3O3/c17-11-3-9(4-12(18)15(11)19)7-25-13-5-14-21(16(23)20-13)6-10-1-2-24-8-22(10)14/h3-5,10H,1-2,6-8H2. The molecule has 0 radical (unpaired) electrons. The van der Waals surface area contributed by atoms with Crippen molar-refractivity contribution in [2.45, 2.75) is 25.6 Å². The first-order valence-electron chi connectivity index (χ1n) is 7.75. The molecule has 0 saturated carbocycles. The van der Waals surface area contributed by atoms with Gasteiger partial charge in [-0.2, -0.15) is 4.98 Å². The van der Waals surface area contributed by atoms with Gasteiger partial charge >= 0.3 is 5.69 Å². The van der Waals surface area contributed by atoms with Gasteiger partial charge in [-0.1, -0.05) is 0 Å². The van der Waals surface area contributed by atoms with E-state index in [9.17, 15) is 18.0 Å². The van der Waals surface area contributed by atoms with Crippen molar-refractivity contribution in [1.82, 2.24) is 9.55 Å². The fourth-order valence-corrected chi connectivity index (χ4v) is 3.10. The highest BCUT2D eigenvalue weighted by Crippen LogP contribution is 2.30. The van der Waals surface area contributed by atoms with Gasteiger partial charge in [0.25, 0.3) is 0 Å². The molecule has 4 rings (SSSR count). The fraction of sp³-hybridized carbons (Fsp3) is 0.375. The van der Waals surface area contributed by atoms with Gasteiger partial charge in [-0.3, -0.25) is 4.57 Å². The molecule has 1 unspecified atom stereocenters. The molecule has 25 heavy (non-hydrogen) atoms. The number of ether oxygens (including phenoxy) is 2. The van der Waals surface area contributed by atoms with Crippen molar-refractivity contribution in [2.75, 3.05) is 18.2 Å². The zero-order chi connectivity index (χ0) is 17.6. The van der Waals surface area contributed by atoms with E-state index in [1.165, 1.54) is 0 Å². The lowest BCUT2D eigenvalue weighted by Gasteiger charge is -2.30. The Hall–Kier alpha value is -2.55. The van der Waals surface area contributed by atoms with Crippen molar-refractivity contribution in [3.63, 3.8) is 0 Å². The Morgan fingerprint density at radius 1 is 1.24 bits per heavy atom. The quantitative estimate of drug-likeness (QED) is 0.788. The van der Waals surface area contributed by atoms with E-state index in [4.69, 9.17) is 9.47 Å². The van der Waals surface area contributed by atoms with Crippen molar-refractivity contribution < 1.29 is 22.6 Å². The Labute approximate surface area is 140 Å². The molecule has 0 bridgehead atoms. The van der Waals surface area contributed by atoms with Crippen LogP contribution in [0.2, 0.25) is 0 Å². The predicted molar refractivity (Wildman–Crippen MR) is 80.8 cm³/mol. The summed E-state index contributed by atoms with van der Waals surface area (Å²) >= 11 is 0. The van der Waals surface area contributed by atoms with Crippen LogP contribution in [0.4, 0.5) is 19.0 Å². The summed E-state index contributed by atoms with van der Waals surface area (Å²) in [6, 6.07) is 3.45. The molecule has 1 atom stereocenters. The van der Waals surface area contributed by atoms with Crippen LogP contribution in [0.1, 0.15) is 12.0 Å². The number of aromatic nitrogens is 2. The molecule has 1 saturated heterocycles. The summed E-state index contributed by atoms with van der Waals surface area (Å²) in [4.78, 5) is 18.0. The molecule has 1 aromatic heterocycles. The van der Waals surface area contributed by atoms with Gasteiger partial charge in [0, 0.05) is 12.6 Å². The van der Waals surface area contributed by atoms with Crippen LogP contribution in [0.3, 0.4) is 0 Å². The van der Waals surface area contributed by atoms with Crippen molar-refractivity contribution in [2.24, 2.45) is 0 Å². The third kappa shape index (κ3) is 2.84. The van der Waals surface area contributed by atoms with Gasteiger partial charge in [0.2, 0.25) is 5.88 Å². The van der Waals surface area contributed by atoms with Crippen LogP contribution in [0.15, 0.2) is 23.0 Å². The molecule has 0 spiro atoms. The van der Waals surface area contributed by atoms with Gasteiger partial charge in [0.05, 0.1) is 12.6 Å². The molecule has 132 valence electrons. The first-order chi connectivity index (χ1) is 12.0. The van der Waals surface area contributed by atoms with Crippen LogP contribution in [0.5, 0.6) is 5.88 Å². The molecule has 9 heteroatoms. The Bertz CT molecular complexity index is 864. The molecule has 6 nitrogen and oxygen atoms in total. The number of halogens is 3. The van der Waals surface area contributed by atoms with Crippen LogP contribution >= 0.6 is 0 Å². The van der Waals surface area contributed by atoms with Gasteiger partial charge in [0.1, 0.15) is 19.2 Å². The lowest BCUT2D eigenvalue weighted by molar-refractivity contribution is 0.0903. The lowest BCUT2D eigenvalue weighted by atomic mass is 10.2. The smallest absolute Gasteiger partial charge is 0.352 e. The molecule has 0 amide bonds. The summed E-state index contributed by atoms with van der Waals surface area (Å²) in [7, 11) is 0. The minimum Gasteiger partial charge on any atom is -0.473 e. The zero-order valence-corrected chi connectivity index (χ0v) is 13.0. The highest BCUT2D eigenvalue weighted by Gasteiger charge is 2.33. The number of hydrogen-bond acceptors (Lipinski definition) is 5. The Morgan fingerprint density at radius 3 is 2.76 bits per heavy atom. The normalized spacial score (nSPS) is 18.8. The highest BCUT2D eigenvalue weighted by atomic mass is 19.2. The molecular weight excluding hydrogens is 339 g/mol. The van der Waals surface area contributed by atoms with Crippen molar-refractivity contribution in [3.8, 4) is 5.88 Å². The summed E-state index contributed by atoms with van der Waals surface area (Å²) in [5, 5.41) is 0. The minimum absolute atomic E-state index is 0.0348. The number of fused-ring (bicyclic) bond motifs is 3. The Kier molecular flexibility index (Phi) is 3.87. The maximum absolute atomic E-state index is 13.2. The van der Waals surface area contributed by atoms with Gasteiger partial charge in [0.15, 0.2) is 17.5 Å². The highest BCUT2D eigenvalue weighted by molar-refractivity contribution is 5.46. The van der Waals surface area contributed by atoms with Crippen LogP contribution < -0.4 is 15.3 Å². The Morgan fingerprint density at radius 2 is 2.00 bits per heavy atom. The maximum Gasteiger partial charge on any atom is 0.352 e. The van der Waals surface area contributed by atoms with Gasteiger partial charge in [-0.05, 0) is 24.1 Å². The van der Waals surface area contributed by atoms with Gasteiger partial charge in [-0.25, -0.2) is 18.0 Å². The topological polar surface area (TPSA) is 56.6 Å². The average molecular weight is 353 g/mol. The van der Waals surface area contributed by atoms with Crippen LogP contribution in [0, 0.1) is 17.5 Å². The summed E-state index contributed by atoms with van der Waals surface area (Å²) < 4.78 is 51.8. The second kappa shape index (κ2) is 6.07. The van der Waals surface area contributed by atoms with Gasteiger partial charge < -0.3 is 14.4 Å². The first-order valence-corrected chi connectivity index (χ1v) is 7.75. The largest absolute Gasteiger partial charge is 0.473 e. The average Bonchev–Trinajstić information content (AvgIpc) is 2.97. The number of anilines is 1. The van der Waals surface area contributed by atoms with E-state index in [1.54, 1.807) is 10.6 Å². The van der Waals surface area contributed by atoms with Crippen molar-refractivity contribution in [3.05, 3.63) is 51.7 Å². The second-order valence-corrected chi connectivity index (χ2v) is 5.96. The van der Waals surface area contributed by atoms with Crippen LogP contribution in [0.25, 0.3) is 0 Å². The first kappa shape index (κ1) is 15.9. The van der Waals surface area contributed by atoms with E-state index >= 15 is 0 Å². The van der Waals surface area contributed by atoms with Crippen molar-refractivity contribution >= 4 is 5.82 Å². The number of hydrogen-bond donors (Lipinski definition) is 0. The molecule has 2 aliphatic heterocycles. The van der Waals surface area contributed by atoms with E-state index in [0.717, 1.165) is 18.6 Å². The summed E-state index contributed by atoms with van der Waals surface area (Å²) in [6.07, 6.45) is 0.811. The molecule has 0 aliphatic carbocycles. The summed E-state index contributed by atoms with van der Waals surface area (Å²) in [6.45, 7) is 1.31. The maximum atomic E-state index is 13.2. The van der Waals surface area contributed by atoms with Crippen LogP contribution in [-0.2, 0) is 17.9 Å². The number of rotatable bonds is 3. The molecule has 2 aliphatic rings. The van der Waals surface area contributed by atoms with Crippen molar-refractivity contribution in [1.29, 1.82) is 0 Å². The SMILES string of the molecule is O=c1nc(OCc2cc(F)c(F)c(F)c2)cc2n1CC1CCOCN21. The lowest BCUT2D eigenvalue weighted by Crippen LogP contribution is -2.39. The second-order valence-electron chi connectivity index (χ2n) is 5.96. The molecular formula is C16H14F3N3O3. The summed E-state index contributed by atoms with van der Waals surface area (Å²) in [5.41, 5.74) is -0.364. The molecule has 1 aromatic carbocycles. The molecule has 1 fully saturated rings. The zero-order valence-electron chi connectivity index (χ0n) is 13.0. The Balaban J connectivity index is 1.57. The van der Waals surface area contributed by atoms with Crippen LogP contribution in [-0.4, -0.2) is 28.9 Å². The minimum atomic E-state index is -1.53. The number of benzene rings is 1. The van der Waals surface area contributed by atoms with E-state index in [0.29, 0.717) is 25.7 Å². The van der Waals surface area contributed by atoms with E-state index in [-0.39, 0.29) is 24.1 Å². The van der Waals surface area contributed by atoms with E-state index in [2.05, 4.69) is 4.98 Å².